The first-order valence-electron chi connectivity index (χ1n) is 8.81. The number of pyridine rings is 1. The number of nitrogens with one attached hydrogen (secondary N) is 1. The first-order chi connectivity index (χ1) is 13.5. The van der Waals surface area contributed by atoms with Crippen LogP contribution >= 0.6 is 0 Å². The molecule has 140 valence electrons. The Labute approximate surface area is 165 Å². The molecule has 2 aromatic heterocycles. The fourth-order valence-electron chi connectivity index (χ4n) is 3.02. The van der Waals surface area contributed by atoms with Gasteiger partial charge in [-0.25, -0.2) is 4.98 Å². The summed E-state index contributed by atoms with van der Waals surface area (Å²) in [6, 6.07) is 18.4. The van der Waals surface area contributed by atoms with Crippen molar-refractivity contribution in [2.45, 2.75) is 11.8 Å². The smallest absolute Gasteiger partial charge is 0.255 e. The normalized spacial score (nSPS) is 12.1. The van der Waals surface area contributed by atoms with Crippen molar-refractivity contribution in [3.05, 3.63) is 84.2 Å². The van der Waals surface area contributed by atoms with Crippen molar-refractivity contribution in [3.63, 3.8) is 0 Å². The molecule has 1 atom stereocenters. The van der Waals surface area contributed by atoms with Crippen LogP contribution in [0.5, 0.6) is 0 Å². The van der Waals surface area contributed by atoms with Crippen molar-refractivity contribution >= 4 is 28.0 Å². The molecule has 0 aliphatic rings. The molecule has 0 fully saturated rings. The number of carbonyl (C=O) groups is 1. The van der Waals surface area contributed by atoms with Gasteiger partial charge in [-0.2, -0.15) is 0 Å². The van der Waals surface area contributed by atoms with Crippen LogP contribution in [0.1, 0.15) is 15.9 Å². The van der Waals surface area contributed by atoms with Gasteiger partial charge in [-0.05, 0) is 55.0 Å². The van der Waals surface area contributed by atoms with E-state index in [2.05, 4.69) is 5.32 Å². The Morgan fingerprint density at radius 3 is 2.39 bits per heavy atom. The molecule has 2 heterocycles. The lowest BCUT2D eigenvalue weighted by Crippen LogP contribution is -2.11. The molecule has 0 bridgehead atoms. The number of hydrogen-bond acceptors (Lipinski definition) is 3. The molecule has 1 N–H and O–H groups in total. The van der Waals surface area contributed by atoms with Crippen molar-refractivity contribution in [1.82, 2.24) is 9.38 Å². The minimum Gasteiger partial charge on any atom is -0.322 e. The molecule has 0 aliphatic carbocycles. The number of aryl methyl sites for hydroxylation is 1. The molecule has 1 amide bonds. The number of aromatic nitrogens is 2. The summed E-state index contributed by atoms with van der Waals surface area (Å²) in [6.07, 6.45) is 5.59. The van der Waals surface area contributed by atoms with Gasteiger partial charge in [-0.1, -0.05) is 18.2 Å². The molecule has 0 spiro atoms. The lowest BCUT2D eigenvalue weighted by atomic mass is 10.1. The highest BCUT2D eigenvalue weighted by atomic mass is 32.2. The second kappa shape index (κ2) is 7.40. The van der Waals surface area contributed by atoms with E-state index < -0.39 is 10.8 Å². The Morgan fingerprint density at radius 2 is 1.75 bits per heavy atom. The summed E-state index contributed by atoms with van der Waals surface area (Å²) in [4.78, 5) is 17.8. The highest BCUT2D eigenvalue weighted by Crippen LogP contribution is 2.22. The summed E-state index contributed by atoms with van der Waals surface area (Å²) < 4.78 is 13.5. The van der Waals surface area contributed by atoms with E-state index in [0.717, 1.165) is 22.5 Å². The van der Waals surface area contributed by atoms with Crippen LogP contribution in [0.25, 0.3) is 16.9 Å². The number of anilines is 1. The van der Waals surface area contributed by atoms with E-state index in [1.807, 2.05) is 60.1 Å². The number of benzene rings is 2. The topological polar surface area (TPSA) is 63.5 Å². The van der Waals surface area contributed by atoms with Gasteiger partial charge in [0.05, 0.1) is 5.69 Å². The number of imidazole rings is 1. The highest BCUT2D eigenvalue weighted by molar-refractivity contribution is 7.84. The minimum absolute atomic E-state index is 0.204. The quantitative estimate of drug-likeness (QED) is 0.566. The standard InChI is InChI=1S/C22H19N3O2S/c1-15-4-3-13-25-14-20(24-21(15)25)16-5-9-18(10-6-16)23-22(26)17-7-11-19(12-8-17)28(2)27/h3-14H,1-2H3,(H,23,26). The van der Waals surface area contributed by atoms with Crippen LogP contribution < -0.4 is 5.32 Å². The maximum atomic E-state index is 12.4. The van der Waals surface area contributed by atoms with Gasteiger partial charge in [0, 0.05) is 51.2 Å². The summed E-state index contributed by atoms with van der Waals surface area (Å²) in [5, 5.41) is 2.88. The molecular formula is C22H19N3O2S. The lowest BCUT2D eigenvalue weighted by molar-refractivity contribution is 0.102. The number of fused-ring (bicyclic) bond motifs is 1. The molecular weight excluding hydrogens is 370 g/mol. The molecule has 0 saturated heterocycles. The third-order valence-corrected chi connectivity index (χ3v) is 5.50. The Bertz CT molecular complexity index is 1180. The van der Waals surface area contributed by atoms with Gasteiger partial charge in [0.25, 0.3) is 5.91 Å². The summed E-state index contributed by atoms with van der Waals surface area (Å²) in [5.41, 5.74) is 5.15. The maximum Gasteiger partial charge on any atom is 0.255 e. The van der Waals surface area contributed by atoms with Gasteiger partial charge in [0.2, 0.25) is 0 Å². The van der Waals surface area contributed by atoms with E-state index >= 15 is 0 Å². The zero-order chi connectivity index (χ0) is 19.7. The lowest BCUT2D eigenvalue weighted by Gasteiger charge is -2.06. The van der Waals surface area contributed by atoms with Gasteiger partial charge in [-0.3, -0.25) is 9.00 Å². The molecule has 2 aromatic carbocycles. The number of hydrogen-bond donors (Lipinski definition) is 1. The molecule has 4 rings (SSSR count). The summed E-state index contributed by atoms with van der Waals surface area (Å²) in [5.74, 6) is -0.204. The van der Waals surface area contributed by atoms with Crippen LogP contribution in [-0.2, 0) is 10.8 Å². The van der Waals surface area contributed by atoms with E-state index in [1.54, 1.807) is 30.5 Å². The Hall–Kier alpha value is -3.25. The second-order valence-corrected chi connectivity index (χ2v) is 7.94. The number of rotatable bonds is 4. The zero-order valence-corrected chi connectivity index (χ0v) is 16.4. The highest BCUT2D eigenvalue weighted by Gasteiger charge is 2.09. The average Bonchev–Trinajstić information content (AvgIpc) is 3.14. The number of carbonyl (C=O) groups excluding carboxylic acids is 1. The van der Waals surface area contributed by atoms with Crippen molar-refractivity contribution in [2.24, 2.45) is 0 Å². The number of nitrogens with zero attached hydrogens (tertiary/aromatic N) is 2. The summed E-state index contributed by atoms with van der Waals surface area (Å²) >= 11 is 0. The molecule has 5 nitrogen and oxygen atoms in total. The predicted octanol–water partition coefficient (Wildman–Crippen LogP) is 4.30. The second-order valence-electron chi connectivity index (χ2n) is 6.56. The van der Waals surface area contributed by atoms with E-state index in [9.17, 15) is 9.00 Å². The molecule has 4 aromatic rings. The van der Waals surface area contributed by atoms with Gasteiger partial charge < -0.3 is 9.72 Å². The maximum absolute atomic E-state index is 12.4. The van der Waals surface area contributed by atoms with Crippen molar-refractivity contribution in [3.8, 4) is 11.3 Å². The molecule has 6 heteroatoms. The van der Waals surface area contributed by atoms with E-state index in [1.165, 1.54) is 0 Å². The Balaban J connectivity index is 1.51. The Kier molecular flexibility index (Phi) is 4.79. The molecule has 1 unspecified atom stereocenters. The first kappa shape index (κ1) is 18.1. The number of amides is 1. The monoisotopic (exact) mass is 389 g/mol. The molecule has 0 radical (unpaired) electrons. The minimum atomic E-state index is -1.06. The fraction of sp³-hybridized carbons (Fsp3) is 0.0909. The third kappa shape index (κ3) is 3.59. The molecule has 28 heavy (non-hydrogen) atoms. The zero-order valence-electron chi connectivity index (χ0n) is 15.5. The summed E-state index contributed by atoms with van der Waals surface area (Å²) in [6.45, 7) is 2.04. The van der Waals surface area contributed by atoms with Crippen LogP contribution in [0, 0.1) is 6.92 Å². The predicted molar refractivity (Wildman–Crippen MR) is 112 cm³/mol. The Morgan fingerprint density at radius 1 is 1.04 bits per heavy atom. The summed E-state index contributed by atoms with van der Waals surface area (Å²) in [7, 11) is -1.06. The van der Waals surface area contributed by atoms with Crippen LogP contribution in [0.3, 0.4) is 0 Å². The fourth-order valence-corrected chi connectivity index (χ4v) is 3.54. The van der Waals surface area contributed by atoms with Gasteiger partial charge in [0.15, 0.2) is 0 Å². The third-order valence-electron chi connectivity index (χ3n) is 4.56. The van der Waals surface area contributed by atoms with Crippen molar-refractivity contribution in [1.29, 1.82) is 0 Å². The van der Waals surface area contributed by atoms with Gasteiger partial charge in [0.1, 0.15) is 5.65 Å². The SMILES string of the molecule is Cc1cccn2cc(-c3ccc(NC(=O)c4ccc(S(C)=O)cc4)cc3)nc12. The molecule has 0 saturated carbocycles. The first-order valence-corrected chi connectivity index (χ1v) is 10.4. The van der Waals surface area contributed by atoms with Gasteiger partial charge in [-0.15, -0.1) is 0 Å². The average molecular weight is 389 g/mol. The van der Waals surface area contributed by atoms with Crippen LogP contribution in [0.4, 0.5) is 5.69 Å². The van der Waals surface area contributed by atoms with E-state index in [4.69, 9.17) is 4.98 Å². The molecule has 0 aliphatic heterocycles. The van der Waals surface area contributed by atoms with Crippen LogP contribution in [0.2, 0.25) is 0 Å². The van der Waals surface area contributed by atoms with E-state index in [-0.39, 0.29) is 5.91 Å². The van der Waals surface area contributed by atoms with Crippen LogP contribution in [0.15, 0.2) is 78.0 Å². The largest absolute Gasteiger partial charge is 0.322 e. The van der Waals surface area contributed by atoms with E-state index in [0.29, 0.717) is 16.1 Å². The van der Waals surface area contributed by atoms with Gasteiger partial charge >= 0.3 is 0 Å². The van der Waals surface area contributed by atoms with Crippen molar-refractivity contribution < 1.29 is 9.00 Å². The van der Waals surface area contributed by atoms with Crippen molar-refractivity contribution in [2.75, 3.05) is 11.6 Å². The van der Waals surface area contributed by atoms with Crippen LogP contribution in [-0.4, -0.2) is 25.8 Å².